The quantitative estimate of drug-likeness (QED) is 0.231. The minimum atomic E-state index is -4.03. The molecule has 3 aromatic carbocycles. The third-order valence-corrected chi connectivity index (χ3v) is 7.05. The summed E-state index contributed by atoms with van der Waals surface area (Å²) in [5, 5.41) is 15.9. The summed E-state index contributed by atoms with van der Waals surface area (Å²) in [4.78, 5) is 10.8. The fourth-order valence-corrected chi connectivity index (χ4v) is 4.84. The molecule has 0 spiro atoms. The van der Waals surface area contributed by atoms with Gasteiger partial charge in [-0.05, 0) is 75.1 Å². The first-order valence-corrected chi connectivity index (χ1v) is 12.7. The number of aryl methyl sites for hydroxylation is 3. The zero-order valence-corrected chi connectivity index (χ0v) is 20.9. The molecule has 2 N–H and O–H groups in total. The molecule has 1 aliphatic rings. The number of hydrazone groups is 1. The number of nitrogens with one attached hydrogen (secondary N) is 2. The number of nitrogens with zero attached hydrogens (tertiary/aromatic N) is 2. The standard InChI is InChI=1S/C25H26N4O6S/c1-16-4-9-21(17(2)12-16)28-36(32,33)20-8-10-22(23(14-20)29(30)31)27-26-18(3)5-6-19-7-11-24-25(13-19)35-15-34-24/h4,7-14,27-28H,5-6,15H2,1-3H3/b26-18+. The Balaban J connectivity index is 1.46. The van der Waals surface area contributed by atoms with E-state index < -0.39 is 20.6 Å². The highest BCUT2D eigenvalue weighted by Gasteiger charge is 2.22. The minimum absolute atomic E-state index is 0.0906. The van der Waals surface area contributed by atoms with E-state index >= 15 is 0 Å². The van der Waals surface area contributed by atoms with E-state index in [-0.39, 0.29) is 17.4 Å². The monoisotopic (exact) mass is 510 g/mol. The van der Waals surface area contributed by atoms with Gasteiger partial charge < -0.3 is 9.47 Å². The second-order valence-corrected chi connectivity index (χ2v) is 10.2. The number of hydrogen-bond donors (Lipinski definition) is 2. The van der Waals surface area contributed by atoms with Gasteiger partial charge in [0.05, 0.1) is 15.5 Å². The molecule has 0 saturated carbocycles. The number of anilines is 2. The normalized spacial score (nSPS) is 12.9. The third kappa shape index (κ3) is 5.74. The van der Waals surface area contributed by atoms with E-state index in [0.717, 1.165) is 28.5 Å². The Morgan fingerprint density at radius 3 is 2.53 bits per heavy atom. The van der Waals surface area contributed by atoms with Crippen LogP contribution in [0.1, 0.15) is 30.0 Å². The lowest BCUT2D eigenvalue weighted by Gasteiger charge is -2.12. The molecule has 3 aromatic rings. The SMILES string of the molecule is C/C(CCc1ccc2c(c1)OCO2)=N\Nc1ccc(S(=O)(=O)Nc2ccc(C)cc2C)cc1[N+](=O)[O-]. The fraction of sp³-hybridized carbons (Fsp3) is 0.240. The van der Waals surface area contributed by atoms with E-state index in [9.17, 15) is 18.5 Å². The number of nitro groups is 1. The molecule has 0 aliphatic carbocycles. The van der Waals surface area contributed by atoms with Crippen molar-refractivity contribution in [2.24, 2.45) is 5.10 Å². The molecule has 0 bridgehead atoms. The maximum Gasteiger partial charge on any atom is 0.295 e. The maximum atomic E-state index is 12.9. The molecule has 188 valence electrons. The predicted octanol–water partition coefficient (Wildman–Crippen LogP) is 5.16. The van der Waals surface area contributed by atoms with Gasteiger partial charge >= 0.3 is 0 Å². The van der Waals surface area contributed by atoms with Crippen molar-refractivity contribution in [1.29, 1.82) is 0 Å². The molecule has 0 amide bonds. The van der Waals surface area contributed by atoms with E-state index in [0.29, 0.717) is 30.0 Å². The summed E-state index contributed by atoms with van der Waals surface area (Å²) in [6.07, 6.45) is 1.30. The Labute approximate surface area is 209 Å². The van der Waals surface area contributed by atoms with Crippen LogP contribution in [0.3, 0.4) is 0 Å². The van der Waals surface area contributed by atoms with Crippen molar-refractivity contribution in [3.05, 3.63) is 81.4 Å². The van der Waals surface area contributed by atoms with Gasteiger partial charge in [-0.2, -0.15) is 5.10 Å². The van der Waals surface area contributed by atoms with E-state index in [1.807, 2.05) is 31.2 Å². The highest BCUT2D eigenvalue weighted by molar-refractivity contribution is 7.92. The van der Waals surface area contributed by atoms with Gasteiger partial charge in [0, 0.05) is 11.8 Å². The minimum Gasteiger partial charge on any atom is -0.454 e. The second kappa shape index (κ2) is 10.2. The summed E-state index contributed by atoms with van der Waals surface area (Å²) in [6, 6.07) is 14.7. The molecular formula is C25H26N4O6S. The number of nitro benzene ring substituents is 1. The van der Waals surface area contributed by atoms with Gasteiger partial charge in [0.25, 0.3) is 15.7 Å². The van der Waals surface area contributed by atoms with Crippen LogP contribution in [0, 0.1) is 24.0 Å². The van der Waals surface area contributed by atoms with Gasteiger partial charge in [-0.15, -0.1) is 0 Å². The van der Waals surface area contributed by atoms with Gasteiger partial charge in [0.15, 0.2) is 11.5 Å². The van der Waals surface area contributed by atoms with Crippen LogP contribution < -0.4 is 19.6 Å². The predicted molar refractivity (Wildman–Crippen MR) is 137 cm³/mol. The van der Waals surface area contributed by atoms with Gasteiger partial charge in [0.2, 0.25) is 6.79 Å². The van der Waals surface area contributed by atoms with Gasteiger partial charge in [-0.3, -0.25) is 20.3 Å². The van der Waals surface area contributed by atoms with Crippen LogP contribution in [0.2, 0.25) is 0 Å². The topological polar surface area (TPSA) is 132 Å². The number of ether oxygens (including phenoxy) is 2. The van der Waals surface area contributed by atoms with E-state index in [4.69, 9.17) is 9.47 Å². The van der Waals surface area contributed by atoms with E-state index in [1.165, 1.54) is 12.1 Å². The zero-order chi connectivity index (χ0) is 25.9. The molecule has 0 aromatic heterocycles. The molecule has 0 atom stereocenters. The van der Waals surface area contributed by atoms with E-state index in [1.54, 1.807) is 26.0 Å². The van der Waals surface area contributed by atoms with Crippen molar-refractivity contribution in [3.63, 3.8) is 0 Å². The largest absolute Gasteiger partial charge is 0.454 e. The van der Waals surface area contributed by atoms with E-state index in [2.05, 4.69) is 15.2 Å². The number of hydrogen-bond acceptors (Lipinski definition) is 8. The highest BCUT2D eigenvalue weighted by Crippen LogP contribution is 2.33. The molecule has 1 heterocycles. The first-order valence-electron chi connectivity index (χ1n) is 11.2. The second-order valence-electron chi connectivity index (χ2n) is 8.51. The lowest BCUT2D eigenvalue weighted by Crippen LogP contribution is -2.14. The van der Waals surface area contributed by atoms with Crippen molar-refractivity contribution in [2.75, 3.05) is 16.9 Å². The highest BCUT2D eigenvalue weighted by atomic mass is 32.2. The van der Waals surface area contributed by atoms with Crippen molar-refractivity contribution in [3.8, 4) is 11.5 Å². The molecule has 0 radical (unpaired) electrons. The fourth-order valence-electron chi connectivity index (χ4n) is 3.69. The van der Waals surface area contributed by atoms with Gasteiger partial charge in [-0.25, -0.2) is 8.42 Å². The van der Waals surface area contributed by atoms with Crippen LogP contribution in [0.15, 0.2) is 64.6 Å². The Kier molecular flexibility index (Phi) is 7.11. The summed E-state index contributed by atoms with van der Waals surface area (Å²) in [5.41, 5.74) is 6.31. The summed E-state index contributed by atoms with van der Waals surface area (Å²) in [7, 11) is -4.03. The number of benzene rings is 3. The van der Waals surface area contributed by atoms with Crippen molar-refractivity contribution in [1.82, 2.24) is 0 Å². The molecule has 0 unspecified atom stereocenters. The van der Waals surface area contributed by atoms with Crippen LogP contribution in [-0.2, 0) is 16.4 Å². The van der Waals surface area contributed by atoms with Crippen molar-refractivity contribution < 1.29 is 22.8 Å². The molecule has 4 rings (SSSR count). The molecular weight excluding hydrogens is 484 g/mol. The smallest absolute Gasteiger partial charge is 0.295 e. The number of fused-ring (bicyclic) bond motifs is 1. The molecule has 0 saturated heterocycles. The number of rotatable bonds is 9. The Hall–Kier alpha value is -4.12. The summed E-state index contributed by atoms with van der Waals surface area (Å²) in [6.45, 7) is 5.71. The van der Waals surface area contributed by atoms with Crippen LogP contribution in [0.4, 0.5) is 17.1 Å². The first-order chi connectivity index (χ1) is 17.1. The van der Waals surface area contributed by atoms with Crippen LogP contribution in [0.25, 0.3) is 0 Å². The molecule has 1 aliphatic heterocycles. The first kappa shape index (κ1) is 25.0. The molecule has 0 fully saturated rings. The molecule has 10 nitrogen and oxygen atoms in total. The van der Waals surface area contributed by atoms with Crippen LogP contribution >= 0.6 is 0 Å². The lowest BCUT2D eigenvalue weighted by molar-refractivity contribution is -0.384. The number of sulfonamides is 1. The Morgan fingerprint density at radius 2 is 1.78 bits per heavy atom. The van der Waals surface area contributed by atoms with Crippen molar-refractivity contribution in [2.45, 2.75) is 38.5 Å². The average molecular weight is 511 g/mol. The summed E-state index contributed by atoms with van der Waals surface area (Å²) >= 11 is 0. The van der Waals surface area contributed by atoms with Crippen LogP contribution in [0.5, 0.6) is 11.5 Å². The Morgan fingerprint density at radius 1 is 1.03 bits per heavy atom. The lowest BCUT2D eigenvalue weighted by atomic mass is 10.1. The average Bonchev–Trinajstić information content (AvgIpc) is 3.31. The molecule has 36 heavy (non-hydrogen) atoms. The Bertz CT molecular complexity index is 1450. The van der Waals surface area contributed by atoms with Crippen LogP contribution in [-0.4, -0.2) is 25.8 Å². The summed E-state index contributed by atoms with van der Waals surface area (Å²) in [5.74, 6) is 1.42. The van der Waals surface area contributed by atoms with Crippen molar-refractivity contribution >= 4 is 32.8 Å². The molecule has 11 heteroatoms. The van der Waals surface area contributed by atoms with Gasteiger partial charge in [0.1, 0.15) is 5.69 Å². The van der Waals surface area contributed by atoms with Gasteiger partial charge in [-0.1, -0.05) is 23.8 Å². The maximum absolute atomic E-state index is 12.9. The zero-order valence-electron chi connectivity index (χ0n) is 20.1. The summed E-state index contributed by atoms with van der Waals surface area (Å²) < 4.78 is 39.0. The third-order valence-electron chi connectivity index (χ3n) is 5.68.